The maximum Gasteiger partial charge on any atom is 0.0438 e. The Bertz CT molecular complexity index is 201. The van der Waals surface area contributed by atoms with E-state index in [2.05, 4.69) is 37.8 Å². The number of aliphatic hydroxyl groups is 1. The summed E-state index contributed by atoms with van der Waals surface area (Å²) in [7, 11) is 0. The van der Waals surface area contributed by atoms with Crippen molar-refractivity contribution in [2.45, 2.75) is 57.7 Å². The zero-order valence-electron chi connectivity index (χ0n) is 11.6. The van der Waals surface area contributed by atoms with Crippen molar-refractivity contribution in [3.63, 3.8) is 0 Å². The zero-order chi connectivity index (χ0) is 12.7. The summed E-state index contributed by atoms with van der Waals surface area (Å²) < 4.78 is 0. The summed E-state index contributed by atoms with van der Waals surface area (Å²) in [6, 6.07) is 0.678. The van der Waals surface area contributed by atoms with Gasteiger partial charge in [0.15, 0.2) is 0 Å². The van der Waals surface area contributed by atoms with Crippen LogP contribution < -0.4 is 5.32 Å². The highest BCUT2D eigenvalue weighted by molar-refractivity contribution is 7.99. The van der Waals surface area contributed by atoms with E-state index in [0.29, 0.717) is 12.6 Å². The Labute approximate surface area is 111 Å². The van der Waals surface area contributed by atoms with Gasteiger partial charge in [0, 0.05) is 17.9 Å². The monoisotopic (exact) mass is 259 g/mol. The number of aliphatic hydroxyl groups excluding tert-OH is 1. The van der Waals surface area contributed by atoms with Crippen molar-refractivity contribution in [1.29, 1.82) is 0 Å². The first-order chi connectivity index (χ1) is 8.19. The van der Waals surface area contributed by atoms with E-state index in [0.717, 1.165) is 35.8 Å². The first kappa shape index (κ1) is 15.3. The molecule has 2 nitrogen and oxygen atoms in total. The third-order valence-electron chi connectivity index (χ3n) is 3.66. The standard InChI is InChI=1S/C14H29NOS/c1-4-6-15-13-10-11(2)9-12(3)14(13)17-8-5-7-16/h11-16H,4-10H2,1-3H3. The molecule has 0 amide bonds. The molecule has 1 saturated carbocycles. The van der Waals surface area contributed by atoms with Crippen LogP contribution in [0.3, 0.4) is 0 Å². The van der Waals surface area contributed by atoms with Crippen LogP contribution in [-0.4, -0.2) is 35.3 Å². The second-order valence-electron chi connectivity index (χ2n) is 5.53. The molecule has 17 heavy (non-hydrogen) atoms. The van der Waals surface area contributed by atoms with E-state index in [1.807, 2.05) is 0 Å². The lowest BCUT2D eigenvalue weighted by atomic mass is 9.80. The van der Waals surface area contributed by atoms with Gasteiger partial charge in [-0.15, -0.1) is 0 Å². The Hall–Kier alpha value is 0.270. The topological polar surface area (TPSA) is 32.3 Å². The first-order valence-electron chi connectivity index (χ1n) is 7.14. The number of hydrogen-bond acceptors (Lipinski definition) is 3. The van der Waals surface area contributed by atoms with Crippen molar-refractivity contribution in [2.24, 2.45) is 11.8 Å². The molecule has 0 aromatic rings. The van der Waals surface area contributed by atoms with Crippen molar-refractivity contribution in [3.8, 4) is 0 Å². The van der Waals surface area contributed by atoms with Crippen LogP contribution in [0.2, 0.25) is 0 Å². The Kier molecular flexibility index (Phi) is 7.56. The van der Waals surface area contributed by atoms with Gasteiger partial charge >= 0.3 is 0 Å². The molecule has 1 aliphatic rings. The molecule has 1 rings (SSSR count). The van der Waals surface area contributed by atoms with Crippen LogP contribution in [0.4, 0.5) is 0 Å². The summed E-state index contributed by atoms with van der Waals surface area (Å²) in [5, 5.41) is 13.3. The number of hydrogen-bond donors (Lipinski definition) is 2. The van der Waals surface area contributed by atoms with Crippen molar-refractivity contribution >= 4 is 11.8 Å². The SMILES string of the molecule is CCCNC1CC(C)CC(C)C1SCCCO. The highest BCUT2D eigenvalue weighted by Gasteiger charge is 2.33. The second kappa shape index (κ2) is 8.39. The molecule has 102 valence electrons. The molecule has 0 bridgehead atoms. The molecule has 0 spiro atoms. The van der Waals surface area contributed by atoms with E-state index >= 15 is 0 Å². The second-order valence-corrected chi connectivity index (χ2v) is 6.81. The van der Waals surface area contributed by atoms with Gasteiger partial charge in [-0.25, -0.2) is 0 Å². The summed E-state index contributed by atoms with van der Waals surface area (Å²) >= 11 is 2.07. The third-order valence-corrected chi connectivity index (χ3v) is 5.36. The molecule has 4 unspecified atom stereocenters. The fourth-order valence-electron chi connectivity index (χ4n) is 2.92. The van der Waals surface area contributed by atoms with Crippen LogP contribution in [-0.2, 0) is 0 Å². The summed E-state index contributed by atoms with van der Waals surface area (Å²) in [5.41, 5.74) is 0. The summed E-state index contributed by atoms with van der Waals surface area (Å²) in [4.78, 5) is 0. The lowest BCUT2D eigenvalue weighted by Gasteiger charge is -2.40. The molecule has 1 aliphatic carbocycles. The molecule has 4 atom stereocenters. The lowest BCUT2D eigenvalue weighted by Crippen LogP contribution is -2.46. The van der Waals surface area contributed by atoms with Gasteiger partial charge in [0.05, 0.1) is 0 Å². The summed E-state index contributed by atoms with van der Waals surface area (Å²) in [6.45, 7) is 8.48. The quantitative estimate of drug-likeness (QED) is 0.690. The predicted molar refractivity (Wildman–Crippen MR) is 77.6 cm³/mol. The average Bonchev–Trinajstić information content (AvgIpc) is 2.29. The minimum Gasteiger partial charge on any atom is -0.396 e. The summed E-state index contributed by atoms with van der Waals surface area (Å²) in [5.74, 6) is 2.76. The van der Waals surface area contributed by atoms with E-state index < -0.39 is 0 Å². The van der Waals surface area contributed by atoms with Gasteiger partial charge in [-0.3, -0.25) is 0 Å². The maximum absolute atomic E-state index is 8.88. The van der Waals surface area contributed by atoms with Crippen LogP contribution in [0.5, 0.6) is 0 Å². The van der Waals surface area contributed by atoms with E-state index in [9.17, 15) is 0 Å². The molecule has 0 radical (unpaired) electrons. The highest BCUT2D eigenvalue weighted by Crippen LogP contribution is 2.36. The molecule has 2 N–H and O–H groups in total. The molecule has 0 saturated heterocycles. The van der Waals surface area contributed by atoms with E-state index in [1.54, 1.807) is 0 Å². The van der Waals surface area contributed by atoms with Crippen molar-refractivity contribution in [1.82, 2.24) is 5.32 Å². The minimum atomic E-state index is 0.331. The fraction of sp³-hybridized carbons (Fsp3) is 1.00. The average molecular weight is 259 g/mol. The predicted octanol–water partition coefficient (Wildman–Crippen LogP) is 2.90. The van der Waals surface area contributed by atoms with Gasteiger partial charge in [-0.1, -0.05) is 20.8 Å². The van der Waals surface area contributed by atoms with Crippen LogP contribution in [0, 0.1) is 11.8 Å². The van der Waals surface area contributed by atoms with Crippen LogP contribution in [0.1, 0.15) is 46.5 Å². The van der Waals surface area contributed by atoms with Crippen molar-refractivity contribution in [3.05, 3.63) is 0 Å². The number of nitrogens with one attached hydrogen (secondary N) is 1. The molecule has 1 fully saturated rings. The third kappa shape index (κ3) is 5.19. The van der Waals surface area contributed by atoms with Crippen molar-refractivity contribution < 1.29 is 5.11 Å². The number of rotatable bonds is 7. The van der Waals surface area contributed by atoms with Crippen molar-refractivity contribution in [2.75, 3.05) is 18.9 Å². The molecule has 0 aromatic carbocycles. The van der Waals surface area contributed by atoms with E-state index in [1.165, 1.54) is 19.3 Å². The lowest BCUT2D eigenvalue weighted by molar-refractivity contribution is 0.249. The van der Waals surface area contributed by atoms with Crippen LogP contribution >= 0.6 is 11.8 Å². The zero-order valence-corrected chi connectivity index (χ0v) is 12.4. The van der Waals surface area contributed by atoms with E-state index in [-0.39, 0.29) is 0 Å². The van der Waals surface area contributed by atoms with Gasteiger partial charge in [0.2, 0.25) is 0 Å². The Morgan fingerprint density at radius 1 is 1.29 bits per heavy atom. The molecule has 0 heterocycles. The Morgan fingerprint density at radius 3 is 2.71 bits per heavy atom. The van der Waals surface area contributed by atoms with Crippen LogP contribution in [0.15, 0.2) is 0 Å². The highest BCUT2D eigenvalue weighted by atomic mass is 32.2. The normalized spacial score (nSPS) is 33.9. The molecule has 0 aliphatic heterocycles. The van der Waals surface area contributed by atoms with Gasteiger partial charge in [-0.2, -0.15) is 11.8 Å². The van der Waals surface area contributed by atoms with Gasteiger partial charge in [0.25, 0.3) is 0 Å². The smallest absolute Gasteiger partial charge is 0.0438 e. The maximum atomic E-state index is 8.88. The van der Waals surface area contributed by atoms with Gasteiger partial charge in [0.1, 0.15) is 0 Å². The molecule has 0 aromatic heterocycles. The fourth-order valence-corrected chi connectivity index (χ4v) is 4.37. The molecular weight excluding hydrogens is 230 g/mol. The largest absolute Gasteiger partial charge is 0.396 e. The van der Waals surface area contributed by atoms with Crippen LogP contribution in [0.25, 0.3) is 0 Å². The summed E-state index contributed by atoms with van der Waals surface area (Å²) in [6.07, 6.45) is 4.83. The van der Waals surface area contributed by atoms with Gasteiger partial charge < -0.3 is 10.4 Å². The van der Waals surface area contributed by atoms with E-state index in [4.69, 9.17) is 5.11 Å². The Balaban J connectivity index is 2.46. The molecular formula is C14H29NOS. The minimum absolute atomic E-state index is 0.331. The number of thioether (sulfide) groups is 1. The van der Waals surface area contributed by atoms with Gasteiger partial charge in [-0.05, 0) is 49.8 Å². The Morgan fingerprint density at radius 2 is 2.06 bits per heavy atom. The first-order valence-corrected chi connectivity index (χ1v) is 8.19. The molecule has 3 heteroatoms.